The molecule has 110 valence electrons. The van der Waals surface area contributed by atoms with E-state index >= 15 is 0 Å². The Morgan fingerprint density at radius 2 is 2.10 bits per heavy atom. The van der Waals surface area contributed by atoms with Gasteiger partial charge < -0.3 is 0 Å². The van der Waals surface area contributed by atoms with Gasteiger partial charge in [-0.25, -0.2) is 18.1 Å². The number of sulfonamides is 1. The first-order valence-corrected chi connectivity index (χ1v) is 8.89. The molecule has 1 atom stereocenters. The fraction of sp³-hybridized carbons (Fsp3) is 0.286. The van der Waals surface area contributed by atoms with Crippen molar-refractivity contribution in [3.8, 4) is 6.07 Å². The first kappa shape index (κ1) is 15.6. The zero-order valence-electron chi connectivity index (χ0n) is 11.5. The summed E-state index contributed by atoms with van der Waals surface area (Å²) < 4.78 is 26.7. The highest BCUT2D eigenvalue weighted by Gasteiger charge is 2.15. The average Bonchev–Trinajstić information content (AvgIpc) is 2.99. The highest BCUT2D eigenvalue weighted by molar-refractivity contribution is 7.88. The fourth-order valence-electron chi connectivity index (χ4n) is 1.76. The quantitative estimate of drug-likeness (QED) is 0.884. The minimum absolute atomic E-state index is 0.0424. The van der Waals surface area contributed by atoms with Gasteiger partial charge in [0.1, 0.15) is 0 Å². The van der Waals surface area contributed by atoms with Gasteiger partial charge >= 0.3 is 0 Å². The second-order valence-corrected chi connectivity index (χ2v) is 7.42. The predicted molar refractivity (Wildman–Crippen MR) is 82.3 cm³/mol. The Morgan fingerprint density at radius 1 is 1.38 bits per heavy atom. The summed E-state index contributed by atoms with van der Waals surface area (Å²) in [5.41, 5.74) is 1.17. The summed E-state index contributed by atoms with van der Waals surface area (Å²) in [7, 11) is -3.40. The molecular weight excluding hydrogens is 306 g/mol. The van der Waals surface area contributed by atoms with Crippen molar-refractivity contribution in [1.82, 2.24) is 9.71 Å². The van der Waals surface area contributed by atoms with Gasteiger partial charge in [0.15, 0.2) is 0 Å². The van der Waals surface area contributed by atoms with Gasteiger partial charge in [-0.1, -0.05) is 19.1 Å². The Bertz CT molecular complexity index is 717. The monoisotopic (exact) mass is 321 g/mol. The molecule has 0 saturated carbocycles. The number of nitriles is 1. The van der Waals surface area contributed by atoms with Gasteiger partial charge in [-0.2, -0.15) is 5.26 Å². The molecule has 0 saturated heterocycles. The average molecular weight is 321 g/mol. The van der Waals surface area contributed by atoms with E-state index in [4.69, 9.17) is 5.26 Å². The highest BCUT2D eigenvalue weighted by atomic mass is 32.2. The third kappa shape index (κ3) is 4.63. The van der Waals surface area contributed by atoms with Crippen LogP contribution < -0.4 is 4.72 Å². The summed E-state index contributed by atoms with van der Waals surface area (Å²) in [6.07, 6.45) is 1.71. The molecule has 1 aromatic carbocycles. The molecule has 1 N–H and O–H groups in total. The Hall–Kier alpha value is -1.75. The maximum absolute atomic E-state index is 12.0. The van der Waals surface area contributed by atoms with Crippen LogP contribution in [0, 0.1) is 11.3 Å². The Kier molecular flexibility index (Phi) is 5.07. The first-order valence-electron chi connectivity index (χ1n) is 6.36. The molecule has 21 heavy (non-hydrogen) atoms. The molecular formula is C14H15N3O2S2. The maximum atomic E-state index is 12.0. The third-order valence-corrected chi connectivity index (χ3v) is 5.25. The number of benzene rings is 1. The zero-order chi connectivity index (χ0) is 15.3. The molecule has 2 aromatic rings. The van der Waals surface area contributed by atoms with Gasteiger partial charge in [0.05, 0.1) is 22.4 Å². The van der Waals surface area contributed by atoms with Gasteiger partial charge in [0, 0.05) is 24.0 Å². The standard InChI is InChI=1S/C14H15N3O2S2/c1-11(14-16-6-7-20-14)9-17-21(18,19)10-13-4-2-12(8-15)3-5-13/h2-7,11,17H,9-10H2,1H3. The molecule has 5 nitrogen and oxygen atoms in total. The van der Waals surface area contributed by atoms with E-state index in [1.807, 2.05) is 18.4 Å². The summed E-state index contributed by atoms with van der Waals surface area (Å²) in [6.45, 7) is 2.26. The summed E-state index contributed by atoms with van der Waals surface area (Å²) in [4.78, 5) is 4.17. The van der Waals surface area contributed by atoms with Crippen molar-refractivity contribution in [2.75, 3.05) is 6.54 Å². The summed E-state index contributed by atoms with van der Waals surface area (Å²) in [5, 5.41) is 11.5. The lowest BCUT2D eigenvalue weighted by Gasteiger charge is -2.11. The molecule has 1 aromatic heterocycles. The van der Waals surface area contributed by atoms with E-state index in [0.29, 0.717) is 17.7 Å². The largest absolute Gasteiger partial charge is 0.249 e. The minimum atomic E-state index is -3.40. The van der Waals surface area contributed by atoms with Crippen LogP contribution in [-0.2, 0) is 15.8 Å². The highest BCUT2D eigenvalue weighted by Crippen LogP contribution is 2.17. The van der Waals surface area contributed by atoms with Crippen molar-refractivity contribution >= 4 is 21.4 Å². The lowest BCUT2D eigenvalue weighted by molar-refractivity contribution is 0.574. The van der Waals surface area contributed by atoms with Crippen molar-refractivity contribution in [2.24, 2.45) is 0 Å². The van der Waals surface area contributed by atoms with Gasteiger partial charge in [0.25, 0.3) is 0 Å². The van der Waals surface area contributed by atoms with E-state index in [-0.39, 0.29) is 11.7 Å². The van der Waals surface area contributed by atoms with Crippen molar-refractivity contribution in [1.29, 1.82) is 5.26 Å². The van der Waals surface area contributed by atoms with Crippen LogP contribution in [0.25, 0.3) is 0 Å². The van der Waals surface area contributed by atoms with E-state index in [2.05, 4.69) is 9.71 Å². The lowest BCUT2D eigenvalue weighted by Crippen LogP contribution is -2.28. The lowest BCUT2D eigenvalue weighted by atomic mass is 10.2. The number of hydrogen-bond donors (Lipinski definition) is 1. The minimum Gasteiger partial charge on any atom is -0.249 e. The molecule has 0 fully saturated rings. The van der Waals surface area contributed by atoms with Gasteiger partial charge in [0.2, 0.25) is 10.0 Å². The molecule has 0 spiro atoms. The fourth-order valence-corrected chi connectivity index (χ4v) is 3.70. The Balaban J connectivity index is 1.94. The molecule has 0 radical (unpaired) electrons. The summed E-state index contributed by atoms with van der Waals surface area (Å²) >= 11 is 1.51. The van der Waals surface area contributed by atoms with Crippen molar-refractivity contribution < 1.29 is 8.42 Å². The molecule has 0 aliphatic rings. The molecule has 0 amide bonds. The number of rotatable bonds is 6. The number of nitrogens with one attached hydrogen (secondary N) is 1. The number of nitrogens with zero attached hydrogens (tertiary/aromatic N) is 2. The number of hydrogen-bond acceptors (Lipinski definition) is 5. The van der Waals surface area contributed by atoms with E-state index in [0.717, 1.165) is 5.01 Å². The van der Waals surface area contributed by atoms with Crippen LogP contribution >= 0.6 is 11.3 Å². The molecule has 1 unspecified atom stereocenters. The molecule has 2 rings (SSSR count). The van der Waals surface area contributed by atoms with E-state index in [1.165, 1.54) is 11.3 Å². The number of aromatic nitrogens is 1. The van der Waals surface area contributed by atoms with E-state index in [1.54, 1.807) is 30.5 Å². The van der Waals surface area contributed by atoms with Crippen molar-refractivity contribution in [2.45, 2.75) is 18.6 Å². The van der Waals surface area contributed by atoms with Crippen LogP contribution in [0.1, 0.15) is 29.0 Å². The van der Waals surface area contributed by atoms with Crippen LogP contribution in [0.15, 0.2) is 35.8 Å². The van der Waals surface area contributed by atoms with Crippen molar-refractivity contribution in [3.05, 3.63) is 52.0 Å². The van der Waals surface area contributed by atoms with Gasteiger partial charge in [-0.15, -0.1) is 11.3 Å². The number of thiazole rings is 1. The molecule has 0 aliphatic carbocycles. The van der Waals surface area contributed by atoms with Crippen LogP contribution in [0.5, 0.6) is 0 Å². The van der Waals surface area contributed by atoms with Crippen LogP contribution in [0.2, 0.25) is 0 Å². The molecule has 1 heterocycles. The van der Waals surface area contributed by atoms with Crippen LogP contribution in [0.4, 0.5) is 0 Å². The Labute approximate surface area is 128 Å². The summed E-state index contributed by atoms with van der Waals surface area (Å²) in [5.74, 6) is -0.0516. The van der Waals surface area contributed by atoms with Gasteiger partial charge in [-0.3, -0.25) is 0 Å². The van der Waals surface area contributed by atoms with E-state index in [9.17, 15) is 8.42 Å². The van der Waals surface area contributed by atoms with Crippen LogP contribution in [0.3, 0.4) is 0 Å². The zero-order valence-corrected chi connectivity index (χ0v) is 13.1. The third-order valence-electron chi connectivity index (χ3n) is 2.92. The molecule has 0 bridgehead atoms. The van der Waals surface area contributed by atoms with Crippen molar-refractivity contribution in [3.63, 3.8) is 0 Å². The maximum Gasteiger partial charge on any atom is 0.215 e. The smallest absolute Gasteiger partial charge is 0.215 e. The molecule has 7 heteroatoms. The SMILES string of the molecule is CC(CNS(=O)(=O)Cc1ccc(C#N)cc1)c1nccs1. The summed E-state index contributed by atoms with van der Waals surface area (Å²) in [6, 6.07) is 8.54. The van der Waals surface area contributed by atoms with Gasteiger partial charge in [-0.05, 0) is 17.7 Å². The second-order valence-electron chi connectivity index (χ2n) is 4.69. The topological polar surface area (TPSA) is 82.9 Å². The molecule has 0 aliphatic heterocycles. The normalized spacial score (nSPS) is 12.8. The predicted octanol–water partition coefficient (Wildman–Crippen LogP) is 2.24. The Morgan fingerprint density at radius 3 is 2.67 bits per heavy atom. The second kappa shape index (κ2) is 6.80. The van der Waals surface area contributed by atoms with E-state index < -0.39 is 10.0 Å². The first-order chi connectivity index (χ1) is 10.00. The van der Waals surface area contributed by atoms with Crippen LogP contribution in [-0.4, -0.2) is 19.9 Å².